The van der Waals surface area contributed by atoms with Gasteiger partial charge in [-0.3, -0.25) is 9.48 Å². The Bertz CT molecular complexity index is 562. The summed E-state index contributed by atoms with van der Waals surface area (Å²) in [5, 5.41) is 4.24. The number of aromatic nitrogens is 2. The molecular formula is C18H27N3O2. The van der Waals surface area contributed by atoms with Crippen molar-refractivity contribution < 1.29 is 9.53 Å². The third kappa shape index (κ3) is 3.50. The maximum Gasteiger partial charge on any atom is 0.226 e. The van der Waals surface area contributed by atoms with Crippen LogP contribution in [-0.2, 0) is 23.0 Å². The number of rotatable bonds is 6. The maximum absolute atomic E-state index is 12.8. The molecular weight excluding hydrogens is 290 g/mol. The summed E-state index contributed by atoms with van der Waals surface area (Å²) < 4.78 is 7.75. The van der Waals surface area contributed by atoms with Crippen LogP contribution >= 0.6 is 0 Å². The van der Waals surface area contributed by atoms with Gasteiger partial charge in [0.2, 0.25) is 5.91 Å². The molecule has 0 aromatic carbocycles. The normalized spacial score (nSPS) is 30.3. The van der Waals surface area contributed by atoms with Gasteiger partial charge in [-0.2, -0.15) is 5.10 Å². The first-order valence-corrected chi connectivity index (χ1v) is 8.59. The molecule has 1 aromatic rings. The Hall–Kier alpha value is -1.62. The van der Waals surface area contributed by atoms with E-state index in [4.69, 9.17) is 4.74 Å². The second kappa shape index (κ2) is 6.87. The lowest BCUT2D eigenvalue weighted by Crippen LogP contribution is -2.47. The first kappa shape index (κ1) is 16.2. The molecule has 0 bridgehead atoms. The molecule has 1 amide bonds. The van der Waals surface area contributed by atoms with Crippen LogP contribution in [0.1, 0.15) is 31.7 Å². The van der Waals surface area contributed by atoms with Crippen LogP contribution in [0.25, 0.3) is 0 Å². The molecule has 126 valence electrons. The summed E-state index contributed by atoms with van der Waals surface area (Å²) in [5.41, 5.74) is 1.16. The van der Waals surface area contributed by atoms with E-state index in [2.05, 4.69) is 23.5 Å². The molecule has 1 aromatic heterocycles. The van der Waals surface area contributed by atoms with E-state index in [0.29, 0.717) is 18.4 Å². The van der Waals surface area contributed by atoms with E-state index in [0.717, 1.165) is 37.8 Å². The van der Waals surface area contributed by atoms with Crippen molar-refractivity contribution in [3.8, 4) is 0 Å². The Morgan fingerprint density at radius 1 is 1.52 bits per heavy atom. The van der Waals surface area contributed by atoms with Gasteiger partial charge in [-0.1, -0.05) is 13.0 Å². The number of likely N-dealkylation sites (tertiary alicyclic amines) is 1. The van der Waals surface area contributed by atoms with Gasteiger partial charge in [0.25, 0.3) is 0 Å². The lowest BCUT2D eigenvalue weighted by Gasteiger charge is -2.37. The average Bonchev–Trinajstić information content (AvgIpc) is 3.08. The van der Waals surface area contributed by atoms with Crippen LogP contribution in [0, 0.1) is 11.8 Å². The van der Waals surface area contributed by atoms with Crippen LogP contribution < -0.4 is 0 Å². The predicted octanol–water partition coefficient (Wildman–Crippen LogP) is 2.18. The Labute approximate surface area is 138 Å². The Morgan fingerprint density at radius 2 is 2.30 bits per heavy atom. The van der Waals surface area contributed by atoms with E-state index in [1.807, 2.05) is 24.1 Å². The van der Waals surface area contributed by atoms with Crippen LogP contribution in [-0.4, -0.2) is 45.9 Å². The number of nitrogens with zero attached hydrogens (tertiary/aromatic N) is 3. The standard InChI is InChI=1S/C18H27N3O2/c1-4-7-23-17-5-6-21(18(22)15-8-13(2)9-15)16(17)10-14-11-19-20(3)12-14/h4,11-13,15-17H,1,5-10H2,2-3H3/t13?,15?,16-,17-/m0/s1. The summed E-state index contributed by atoms with van der Waals surface area (Å²) in [6, 6.07) is 0.113. The Balaban J connectivity index is 1.71. The highest BCUT2D eigenvalue weighted by atomic mass is 16.5. The van der Waals surface area contributed by atoms with Gasteiger partial charge < -0.3 is 9.64 Å². The zero-order valence-electron chi connectivity index (χ0n) is 14.1. The second-order valence-electron chi connectivity index (χ2n) is 7.05. The molecule has 1 aliphatic carbocycles. The lowest BCUT2D eigenvalue weighted by molar-refractivity contribution is -0.141. The van der Waals surface area contributed by atoms with E-state index in [1.165, 1.54) is 0 Å². The maximum atomic E-state index is 12.8. The molecule has 2 fully saturated rings. The average molecular weight is 317 g/mol. The van der Waals surface area contributed by atoms with Gasteiger partial charge in [-0.05, 0) is 37.2 Å². The quantitative estimate of drug-likeness (QED) is 0.756. The summed E-state index contributed by atoms with van der Waals surface area (Å²) in [6.07, 6.45) is 9.57. The smallest absolute Gasteiger partial charge is 0.226 e. The largest absolute Gasteiger partial charge is 0.372 e. The van der Waals surface area contributed by atoms with E-state index in [9.17, 15) is 4.79 Å². The topological polar surface area (TPSA) is 47.4 Å². The number of amides is 1. The molecule has 0 spiro atoms. The molecule has 2 atom stereocenters. The highest BCUT2D eigenvalue weighted by Gasteiger charge is 2.42. The molecule has 0 radical (unpaired) electrons. The number of hydrogen-bond acceptors (Lipinski definition) is 3. The molecule has 5 nitrogen and oxygen atoms in total. The lowest BCUT2D eigenvalue weighted by atomic mass is 9.75. The third-order valence-electron chi connectivity index (χ3n) is 5.12. The van der Waals surface area contributed by atoms with Crippen molar-refractivity contribution in [1.82, 2.24) is 14.7 Å². The molecule has 1 saturated heterocycles. The number of carbonyl (C=O) groups is 1. The molecule has 23 heavy (non-hydrogen) atoms. The summed E-state index contributed by atoms with van der Waals surface area (Å²) in [4.78, 5) is 14.9. The molecule has 0 N–H and O–H groups in total. The fourth-order valence-electron chi connectivity index (χ4n) is 3.88. The minimum absolute atomic E-state index is 0.0923. The van der Waals surface area contributed by atoms with Gasteiger partial charge >= 0.3 is 0 Å². The van der Waals surface area contributed by atoms with Gasteiger partial charge in [-0.25, -0.2) is 0 Å². The third-order valence-corrected chi connectivity index (χ3v) is 5.12. The van der Waals surface area contributed by atoms with E-state index in [1.54, 1.807) is 6.08 Å². The van der Waals surface area contributed by atoms with Crippen molar-refractivity contribution in [2.75, 3.05) is 13.2 Å². The van der Waals surface area contributed by atoms with Crippen molar-refractivity contribution >= 4 is 5.91 Å². The molecule has 0 unspecified atom stereocenters. The molecule has 2 aliphatic rings. The van der Waals surface area contributed by atoms with Gasteiger partial charge in [0.1, 0.15) is 0 Å². The van der Waals surface area contributed by atoms with Crippen LogP contribution in [0.15, 0.2) is 25.0 Å². The molecule has 1 saturated carbocycles. The van der Waals surface area contributed by atoms with Gasteiger partial charge in [0.15, 0.2) is 0 Å². The van der Waals surface area contributed by atoms with Crippen LogP contribution in [0.3, 0.4) is 0 Å². The minimum Gasteiger partial charge on any atom is -0.372 e. The minimum atomic E-state index is 0.0923. The summed E-state index contributed by atoms with van der Waals surface area (Å²) in [5.74, 6) is 1.23. The van der Waals surface area contributed by atoms with Crippen LogP contribution in [0.2, 0.25) is 0 Å². The van der Waals surface area contributed by atoms with E-state index in [-0.39, 0.29) is 18.1 Å². The summed E-state index contributed by atoms with van der Waals surface area (Å²) in [7, 11) is 1.92. The van der Waals surface area contributed by atoms with Crippen molar-refractivity contribution in [2.45, 2.75) is 44.8 Å². The number of carbonyl (C=O) groups excluding carboxylic acids is 1. The zero-order valence-corrected chi connectivity index (χ0v) is 14.1. The zero-order chi connectivity index (χ0) is 16.4. The first-order chi connectivity index (χ1) is 11.1. The monoisotopic (exact) mass is 317 g/mol. The number of ether oxygens (including phenoxy) is 1. The highest BCUT2D eigenvalue weighted by Crippen LogP contribution is 2.37. The fraction of sp³-hybridized carbons (Fsp3) is 0.667. The van der Waals surface area contributed by atoms with Crippen molar-refractivity contribution in [1.29, 1.82) is 0 Å². The molecule has 3 rings (SSSR count). The highest BCUT2D eigenvalue weighted by molar-refractivity contribution is 5.80. The van der Waals surface area contributed by atoms with Crippen LogP contribution in [0.5, 0.6) is 0 Å². The summed E-state index contributed by atoms with van der Waals surface area (Å²) >= 11 is 0. The number of aryl methyl sites for hydroxylation is 1. The predicted molar refractivity (Wildman–Crippen MR) is 88.9 cm³/mol. The number of hydrogen-bond donors (Lipinski definition) is 0. The van der Waals surface area contributed by atoms with Gasteiger partial charge in [-0.15, -0.1) is 6.58 Å². The van der Waals surface area contributed by atoms with Crippen molar-refractivity contribution in [3.63, 3.8) is 0 Å². The molecule has 2 heterocycles. The second-order valence-corrected chi connectivity index (χ2v) is 7.05. The van der Waals surface area contributed by atoms with Crippen LogP contribution in [0.4, 0.5) is 0 Å². The van der Waals surface area contributed by atoms with Gasteiger partial charge in [0, 0.05) is 25.7 Å². The molecule has 5 heteroatoms. The van der Waals surface area contributed by atoms with Crippen molar-refractivity contribution in [3.05, 3.63) is 30.6 Å². The van der Waals surface area contributed by atoms with E-state index >= 15 is 0 Å². The Kier molecular flexibility index (Phi) is 4.85. The summed E-state index contributed by atoms with van der Waals surface area (Å²) in [6.45, 7) is 7.29. The fourth-order valence-corrected chi connectivity index (χ4v) is 3.88. The SMILES string of the molecule is C=CCO[C@H]1CCN(C(=O)C2CC(C)C2)[C@H]1Cc1cnn(C)c1. The van der Waals surface area contributed by atoms with Crippen molar-refractivity contribution in [2.24, 2.45) is 18.9 Å². The Morgan fingerprint density at radius 3 is 2.91 bits per heavy atom. The first-order valence-electron chi connectivity index (χ1n) is 8.59. The van der Waals surface area contributed by atoms with E-state index < -0.39 is 0 Å². The molecule has 1 aliphatic heterocycles. The van der Waals surface area contributed by atoms with Gasteiger partial charge in [0.05, 0.1) is 24.9 Å².